The molecule has 24 heavy (non-hydrogen) atoms. The van der Waals surface area contributed by atoms with Gasteiger partial charge in [0.1, 0.15) is 17.1 Å². The van der Waals surface area contributed by atoms with E-state index in [0.717, 1.165) is 0 Å². The zero-order chi connectivity index (χ0) is 18.0. The fourth-order valence-electron chi connectivity index (χ4n) is 2.01. The molecule has 10 heteroatoms. The van der Waals surface area contributed by atoms with E-state index in [9.17, 15) is 22.4 Å². The summed E-state index contributed by atoms with van der Waals surface area (Å²) in [6.45, 7) is 3.16. The summed E-state index contributed by atoms with van der Waals surface area (Å²) in [6, 6.07) is 2.62. The number of nitrogens with one attached hydrogen (secondary N) is 1. The molecule has 0 saturated carbocycles. The van der Waals surface area contributed by atoms with Crippen LogP contribution >= 0.6 is 11.6 Å². The maximum absolute atomic E-state index is 13.1. The molecule has 2 heterocycles. The van der Waals surface area contributed by atoms with E-state index in [0.29, 0.717) is 4.68 Å². The van der Waals surface area contributed by atoms with E-state index in [-0.39, 0.29) is 24.1 Å². The van der Waals surface area contributed by atoms with E-state index in [1.54, 1.807) is 13.8 Å². The number of furan rings is 1. The van der Waals surface area contributed by atoms with E-state index in [4.69, 9.17) is 16.0 Å². The SMILES string of the molecule is CC(C)NC(=O)c1ccc(Cn2nc(C(F)F)c(Cl)c2C(F)F)o1. The van der Waals surface area contributed by atoms with Crippen LogP contribution in [0.3, 0.4) is 0 Å². The van der Waals surface area contributed by atoms with Gasteiger partial charge in [-0.2, -0.15) is 5.10 Å². The number of carbonyl (C=O) groups is 1. The second-order valence-electron chi connectivity index (χ2n) is 5.24. The summed E-state index contributed by atoms with van der Waals surface area (Å²) in [5, 5.41) is 5.25. The minimum atomic E-state index is -3.09. The van der Waals surface area contributed by atoms with Gasteiger partial charge in [-0.05, 0) is 26.0 Å². The summed E-state index contributed by atoms with van der Waals surface area (Å²) in [5.41, 5.74) is -1.74. The second-order valence-corrected chi connectivity index (χ2v) is 5.62. The van der Waals surface area contributed by atoms with Crippen molar-refractivity contribution in [3.05, 3.63) is 40.1 Å². The van der Waals surface area contributed by atoms with Crippen molar-refractivity contribution in [1.82, 2.24) is 15.1 Å². The Hall–Kier alpha value is -2.03. The molecule has 0 radical (unpaired) electrons. The number of halogens is 5. The lowest BCUT2D eigenvalue weighted by Crippen LogP contribution is -2.29. The Labute approximate surface area is 139 Å². The van der Waals surface area contributed by atoms with Crippen molar-refractivity contribution in [2.45, 2.75) is 39.3 Å². The average Bonchev–Trinajstić information content (AvgIpc) is 3.03. The van der Waals surface area contributed by atoms with Crippen molar-refractivity contribution < 1.29 is 26.8 Å². The first-order valence-electron chi connectivity index (χ1n) is 6.92. The van der Waals surface area contributed by atoms with E-state index in [1.165, 1.54) is 12.1 Å². The van der Waals surface area contributed by atoms with Gasteiger partial charge in [-0.25, -0.2) is 17.6 Å². The zero-order valence-corrected chi connectivity index (χ0v) is 13.5. The van der Waals surface area contributed by atoms with Crippen LogP contribution in [-0.2, 0) is 6.54 Å². The van der Waals surface area contributed by atoms with E-state index in [2.05, 4.69) is 10.4 Å². The lowest BCUT2D eigenvalue weighted by Gasteiger charge is -2.06. The van der Waals surface area contributed by atoms with Gasteiger partial charge in [-0.15, -0.1) is 0 Å². The minimum absolute atomic E-state index is 0.0235. The van der Waals surface area contributed by atoms with Gasteiger partial charge in [-0.3, -0.25) is 9.48 Å². The quantitative estimate of drug-likeness (QED) is 0.779. The number of amides is 1. The standard InChI is InChI=1S/C14H14ClF4N3O2/c1-6(2)20-14(23)8-4-3-7(24-8)5-22-11(13(18)19)9(15)10(21-22)12(16)17/h3-4,6,12-13H,5H2,1-2H3,(H,20,23). The third kappa shape index (κ3) is 3.89. The fourth-order valence-corrected chi connectivity index (χ4v) is 2.31. The molecule has 0 atom stereocenters. The number of rotatable bonds is 6. The van der Waals surface area contributed by atoms with E-state index in [1.807, 2.05) is 0 Å². The van der Waals surface area contributed by atoms with Crippen molar-refractivity contribution in [3.8, 4) is 0 Å². The van der Waals surface area contributed by atoms with Crippen LogP contribution in [0.2, 0.25) is 5.02 Å². The predicted molar refractivity (Wildman–Crippen MR) is 77.6 cm³/mol. The number of hydrogen-bond donors (Lipinski definition) is 1. The van der Waals surface area contributed by atoms with Crippen LogP contribution in [0.15, 0.2) is 16.5 Å². The predicted octanol–water partition coefficient (Wildman–Crippen LogP) is 4.19. The summed E-state index contributed by atoms with van der Waals surface area (Å²) >= 11 is 5.56. The molecule has 1 amide bonds. The van der Waals surface area contributed by atoms with Gasteiger partial charge in [0.15, 0.2) is 5.76 Å². The van der Waals surface area contributed by atoms with Gasteiger partial charge in [0.05, 0.1) is 11.6 Å². The van der Waals surface area contributed by atoms with Crippen molar-refractivity contribution in [1.29, 1.82) is 0 Å². The molecule has 0 aromatic carbocycles. The smallest absolute Gasteiger partial charge is 0.287 e. The topological polar surface area (TPSA) is 60.1 Å². The molecule has 0 saturated heterocycles. The van der Waals surface area contributed by atoms with Crippen molar-refractivity contribution >= 4 is 17.5 Å². The highest BCUT2D eigenvalue weighted by Gasteiger charge is 2.28. The molecule has 1 N–H and O–H groups in total. The summed E-state index contributed by atoms with van der Waals surface area (Å²) in [6.07, 6.45) is -6.17. The van der Waals surface area contributed by atoms with Crippen LogP contribution in [-0.4, -0.2) is 21.7 Å². The van der Waals surface area contributed by atoms with Gasteiger partial charge in [0, 0.05) is 6.04 Å². The Kier molecular flexibility index (Phi) is 5.53. The van der Waals surface area contributed by atoms with Crippen LogP contribution in [0.25, 0.3) is 0 Å². The zero-order valence-electron chi connectivity index (χ0n) is 12.7. The lowest BCUT2D eigenvalue weighted by molar-refractivity contribution is 0.0912. The van der Waals surface area contributed by atoms with Crippen LogP contribution in [0.5, 0.6) is 0 Å². The number of hydrogen-bond acceptors (Lipinski definition) is 3. The second kappa shape index (κ2) is 7.25. The highest BCUT2D eigenvalue weighted by Crippen LogP contribution is 2.34. The maximum atomic E-state index is 13.1. The molecule has 0 aliphatic heterocycles. The highest BCUT2D eigenvalue weighted by molar-refractivity contribution is 6.32. The lowest BCUT2D eigenvalue weighted by atomic mass is 10.3. The van der Waals surface area contributed by atoms with Crippen molar-refractivity contribution in [2.75, 3.05) is 0 Å². The number of alkyl halides is 4. The first-order valence-corrected chi connectivity index (χ1v) is 7.30. The molecule has 0 spiro atoms. The van der Waals surface area contributed by atoms with E-state index < -0.39 is 35.2 Å². The summed E-state index contributed by atoms with van der Waals surface area (Å²) < 4.78 is 57.6. The van der Waals surface area contributed by atoms with Crippen LogP contribution in [0.4, 0.5) is 17.6 Å². The third-order valence-corrected chi connectivity index (χ3v) is 3.37. The molecule has 0 fully saturated rings. The first-order chi connectivity index (χ1) is 11.2. The molecular formula is C14H14ClF4N3O2. The van der Waals surface area contributed by atoms with Crippen molar-refractivity contribution in [2.24, 2.45) is 0 Å². The molecule has 0 aliphatic carbocycles. The van der Waals surface area contributed by atoms with Gasteiger partial charge < -0.3 is 9.73 Å². The van der Waals surface area contributed by atoms with Gasteiger partial charge >= 0.3 is 0 Å². The third-order valence-electron chi connectivity index (χ3n) is 2.98. The Morgan fingerprint density at radius 1 is 1.29 bits per heavy atom. The summed E-state index contributed by atoms with van der Waals surface area (Å²) in [7, 11) is 0. The van der Waals surface area contributed by atoms with Gasteiger partial charge in [0.2, 0.25) is 0 Å². The molecule has 2 rings (SSSR count). The van der Waals surface area contributed by atoms with Gasteiger partial charge in [0.25, 0.3) is 18.8 Å². The molecule has 0 bridgehead atoms. The number of carbonyl (C=O) groups excluding carboxylic acids is 1. The summed E-state index contributed by atoms with van der Waals surface area (Å²) in [5.74, 6) is -0.396. The van der Waals surface area contributed by atoms with Crippen LogP contribution < -0.4 is 5.32 Å². The normalized spacial score (nSPS) is 11.8. The van der Waals surface area contributed by atoms with Crippen LogP contribution in [0.1, 0.15) is 54.4 Å². The molecule has 0 unspecified atom stereocenters. The molecule has 2 aromatic heterocycles. The van der Waals surface area contributed by atoms with E-state index >= 15 is 0 Å². The average molecular weight is 368 g/mol. The highest BCUT2D eigenvalue weighted by atomic mass is 35.5. The Balaban J connectivity index is 2.27. The Bertz CT molecular complexity index is 728. The molecular weight excluding hydrogens is 354 g/mol. The first kappa shape index (κ1) is 18.3. The van der Waals surface area contributed by atoms with Crippen molar-refractivity contribution in [3.63, 3.8) is 0 Å². The fraction of sp³-hybridized carbons (Fsp3) is 0.429. The molecule has 132 valence electrons. The maximum Gasteiger partial charge on any atom is 0.287 e. The van der Waals surface area contributed by atoms with Crippen LogP contribution in [0, 0.1) is 0 Å². The van der Waals surface area contributed by atoms with Gasteiger partial charge in [-0.1, -0.05) is 11.6 Å². The summed E-state index contributed by atoms with van der Waals surface area (Å²) in [4.78, 5) is 11.8. The largest absolute Gasteiger partial charge is 0.454 e. The number of nitrogens with zero attached hydrogens (tertiary/aromatic N) is 2. The minimum Gasteiger partial charge on any atom is -0.454 e. The Morgan fingerprint density at radius 2 is 1.96 bits per heavy atom. The monoisotopic (exact) mass is 367 g/mol. The molecule has 0 aliphatic rings. The molecule has 5 nitrogen and oxygen atoms in total. The Morgan fingerprint density at radius 3 is 2.50 bits per heavy atom. The molecule has 2 aromatic rings. The number of aromatic nitrogens is 2.